The maximum Gasteiger partial charge on any atom is 0.326 e. The average Bonchev–Trinajstić information content (AvgIpc) is 2.47. The Morgan fingerprint density at radius 3 is 2.36 bits per heavy atom. The van der Waals surface area contributed by atoms with Gasteiger partial charge in [-0.3, -0.25) is 4.79 Å². The molecule has 0 spiro atoms. The molecule has 1 amide bonds. The van der Waals surface area contributed by atoms with E-state index in [2.05, 4.69) is 5.32 Å². The fourth-order valence-corrected chi connectivity index (χ4v) is 1.97. The standard InChI is InChI=1S/C15H23N3O3.BrH/c16-9-5-4-8-12(17)14(19)18-13(15(20)21)10-11-6-2-1-3-7-11;/h1-3,6-7,12-13H,4-5,8-10,16-17H2,(H,18,19)(H,20,21);1H. The summed E-state index contributed by atoms with van der Waals surface area (Å²) in [4.78, 5) is 23.2. The zero-order valence-electron chi connectivity index (χ0n) is 12.4. The van der Waals surface area contributed by atoms with Crippen molar-refractivity contribution in [1.29, 1.82) is 0 Å². The van der Waals surface area contributed by atoms with E-state index in [-0.39, 0.29) is 23.4 Å². The molecule has 6 nitrogen and oxygen atoms in total. The van der Waals surface area contributed by atoms with Crippen molar-refractivity contribution in [3.63, 3.8) is 0 Å². The van der Waals surface area contributed by atoms with Gasteiger partial charge < -0.3 is 21.9 Å². The van der Waals surface area contributed by atoms with Crippen LogP contribution in [0.25, 0.3) is 0 Å². The summed E-state index contributed by atoms with van der Waals surface area (Å²) in [5, 5.41) is 11.7. The summed E-state index contributed by atoms with van der Waals surface area (Å²) in [5.41, 5.74) is 12.0. The third kappa shape index (κ3) is 7.53. The second kappa shape index (κ2) is 11.2. The molecule has 0 saturated carbocycles. The molecule has 22 heavy (non-hydrogen) atoms. The number of rotatable bonds is 9. The van der Waals surface area contributed by atoms with E-state index in [1.54, 1.807) is 0 Å². The van der Waals surface area contributed by atoms with Gasteiger partial charge >= 0.3 is 5.97 Å². The van der Waals surface area contributed by atoms with E-state index in [4.69, 9.17) is 11.5 Å². The van der Waals surface area contributed by atoms with Gasteiger partial charge in [0.1, 0.15) is 6.04 Å². The maximum absolute atomic E-state index is 11.9. The molecular formula is C15H24BrN3O3. The minimum Gasteiger partial charge on any atom is -0.480 e. The van der Waals surface area contributed by atoms with Crippen LogP contribution in [-0.2, 0) is 16.0 Å². The van der Waals surface area contributed by atoms with E-state index >= 15 is 0 Å². The number of benzene rings is 1. The van der Waals surface area contributed by atoms with Crippen molar-refractivity contribution in [1.82, 2.24) is 5.32 Å². The summed E-state index contributed by atoms with van der Waals surface area (Å²) in [6.07, 6.45) is 2.28. The van der Waals surface area contributed by atoms with Gasteiger partial charge in [0.25, 0.3) is 0 Å². The van der Waals surface area contributed by atoms with Crippen LogP contribution in [-0.4, -0.2) is 35.6 Å². The van der Waals surface area contributed by atoms with Crippen molar-refractivity contribution in [3.8, 4) is 0 Å². The summed E-state index contributed by atoms with van der Waals surface area (Å²) < 4.78 is 0. The van der Waals surface area contributed by atoms with Crippen molar-refractivity contribution in [2.45, 2.75) is 37.8 Å². The minimum atomic E-state index is -1.07. The molecule has 1 aromatic carbocycles. The number of aliphatic carboxylic acids is 1. The Balaban J connectivity index is 0.00000441. The fraction of sp³-hybridized carbons (Fsp3) is 0.467. The van der Waals surface area contributed by atoms with Gasteiger partial charge in [-0.15, -0.1) is 17.0 Å². The van der Waals surface area contributed by atoms with Crippen molar-refractivity contribution in [2.75, 3.05) is 6.54 Å². The molecule has 2 atom stereocenters. The maximum atomic E-state index is 11.9. The lowest BCUT2D eigenvalue weighted by Gasteiger charge is -2.18. The molecule has 0 aliphatic carbocycles. The highest BCUT2D eigenvalue weighted by atomic mass is 79.9. The van der Waals surface area contributed by atoms with E-state index < -0.39 is 24.0 Å². The average molecular weight is 374 g/mol. The summed E-state index contributed by atoms with van der Waals surface area (Å²) in [5.74, 6) is -1.50. The predicted molar refractivity (Wildman–Crippen MR) is 90.9 cm³/mol. The molecule has 0 aliphatic rings. The Morgan fingerprint density at radius 2 is 1.82 bits per heavy atom. The summed E-state index contributed by atoms with van der Waals surface area (Å²) >= 11 is 0. The highest BCUT2D eigenvalue weighted by Crippen LogP contribution is 2.05. The lowest BCUT2D eigenvalue weighted by molar-refractivity contribution is -0.142. The van der Waals surface area contributed by atoms with Crippen LogP contribution < -0.4 is 16.8 Å². The van der Waals surface area contributed by atoms with E-state index in [9.17, 15) is 14.7 Å². The van der Waals surface area contributed by atoms with Crippen LogP contribution in [0.3, 0.4) is 0 Å². The Kier molecular flexibility index (Phi) is 10.4. The number of nitrogens with one attached hydrogen (secondary N) is 1. The van der Waals surface area contributed by atoms with Gasteiger partial charge in [0.05, 0.1) is 6.04 Å². The van der Waals surface area contributed by atoms with Crippen molar-refractivity contribution in [2.24, 2.45) is 11.5 Å². The third-order valence-corrected chi connectivity index (χ3v) is 3.20. The number of halogens is 1. The first kappa shape index (κ1) is 20.6. The van der Waals surface area contributed by atoms with Gasteiger partial charge in [-0.1, -0.05) is 36.8 Å². The van der Waals surface area contributed by atoms with Crippen LogP contribution in [0.2, 0.25) is 0 Å². The SMILES string of the molecule is Br.NCCCCC(N)C(=O)NC(Cc1ccccc1)C(=O)O. The monoisotopic (exact) mass is 373 g/mol. The molecule has 0 saturated heterocycles. The van der Waals surface area contributed by atoms with Crippen LogP contribution in [0.4, 0.5) is 0 Å². The Hall–Kier alpha value is -1.44. The molecule has 6 N–H and O–H groups in total. The predicted octanol–water partition coefficient (Wildman–Crippen LogP) is 0.833. The number of carbonyl (C=O) groups is 2. The summed E-state index contributed by atoms with van der Waals surface area (Å²) in [6.45, 7) is 0.556. The first-order chi connectivity index (χ1) is 10.0. The minimum absolute atomic E-state index is 0. The molecule has 0 aliphatic heterocycles. The highest BCUT2D eigenvalue weighted by molar-refractivity contribution is 8.93. The number of carboxylic acid groups (broad SMARTS) is 1. The van der Waals surface area contributed by atoms with E-state index in [0.29, 0.717) is 13.0 Å². The zero-order chi connectivity index (χ0) is 15.7. The summed E-state index contributed by atoms with van der Waals surface area (Å²) in [6, 6.07) is 7.48. The number of amides is 1. The van der Waals surface area contributed by atoms with Crippen LogP contribution in [0.1, 0.15) is 24.8 Å². The second-order valence-corrected chi connectivity index (χ2v) is 4.98. The Bertz CT molecular complexity index is 457. The lowest BCUT2D eigenvalue weighted by Crippen LogP contribution is -2.49. The molecule has 1 aromatic rings. The quantitative estimate of drug-likeness (QED) is 0.478. The van der Waals surface area contributed by atoms with Crippen LogP contribution in [0, 0.1) is 0 Å². The van der Waals surface area contributed by atoms with Crippen molar-refractivity contribution >= 4 is 28.9 Å². The van der Waals surface area contributed by atoms with Gasteiger partial charge in [0.15, 0.2) is 0 Å². The smallest absolute Gasteiger partial charge is 0.326 e. The molecular weight excluding hydrogens is 350 g/mol. The van der Waals surface area contributed by atoms with Crippen LogP contribution in [0.15, 0.2) is 30.3 Å². The fourth-order valence-electron chi connectivity index (χ4n) is 1.97. The first-order valence-electron chi connectivity index (χ1n) is 7.07. The number of nitrogens with two attached hydrogens (primary N) is 2. The van der Waals surface area contributed by atoms with Crippen molar-refractivity contribution < 1.29 is 14.7 Å². The Labute approximate surface area is 141 Å². The largest absolute Gasteiger partial charge is 0.480 e. The van der Waals surface area contributed by atoms with Crippen molar-refractivity contribution in [3.05, 3.63) is 35.9 Å². The van der Waals surface area contributed by atoms with Gasteiger partial charge in [-0.25, -0.2) is 4.79 Å². The number of carboxylic acids is 1. The number of hydrogen-bond acceptors (Lipinski definition) is 4. The van der Waals surface area contributed by atoms with E-state index in [1.807, 2.05) is 30.3 Å². The van der Waals surface area contributed by atoms with E-state index in [0.717, 1.165) is 18.4 Å². The number of carbonyl (C=O) groups excluding carboxylic acids is 1. The van der Waals surface area contributed by atoms with Gasteiger partial charge in [0, 0.05) is 6.42 Å². The highest BCUT2D eigenvalue weighted by Gasteiger charge is 2.23. The van der Waals surface area contributed by atoms with E-state index in [1.165, 1.54) is 0 Å². The number of hydrogen-bond donors (Lipinski definition) is 4. The van der Waals surface area contributed by atoms with Crippen LogP contribution >= 0.6 is 17.0 Å². The van der Waals surface area contributed by atoms with Gasteiger partial charge in [-0.05, 0) is 24.9 Å². The van der Waals surface area contributed by atoms with Crippen LogP contribution in [0.5, 0.6) is 0 Å². The summed E-state index contributed by atoms with van der Waals surface area (Å²) in [7, 11) is 0. The molecule has 7 heteroatoms. The molecule has 2 unspecified atom stereocenters. The second-order valence-electron chi connectivity index (χ2n) is 4.98. The van der Waals surface area contributed by atoms with Gasteiger partial charge in [0.2, 0.25) is 5.91 Å². The first-order valence-corrected chi connectivity index (χ1v) is 7.07. The molecule has 0 radical (unpaired) electrons. The molecule has 0 aromatic heterocycles. The molecule has 1 rings (SSSR count). The molecule has 0 bridgehead atoms. The zero-order valence-corrected chi connectivity index (χ0v) is 14.1. The Morgan fingerprint density at radius 1 is 1.18 bits per heavy atom. The molecule has 0 fully saturated rings. The third-order valence-electron chi connectivity index (χ3n) is 3.20. The topological polar surface area (TPSA) is 118 Å². The molecule has 124 valence electrons. The van der Waals surface area contributed by atoms with Gasteiger partial charge in [-0.2, -0.15) is 0 Å². The molecule has 0 heterocycles. The normalized spacial score (nSPS) is 12.8. The lowest BCUT2D eigenvalue weighted by atomic mass is 10.0. The number of unbranched alkanes of at least 4 members (excludes halogenated alkanes) is 1.